The first-order chi connectivity index (χ1) is 39.4. The highest BCUT2D eigenvalue weighted by atomic mass is 19.1. The number of likely N-dealkylation sites (tertiary alicyclic amines) is 1. The smallest absolute Gasteiger partial charge is 0.409 e. The van der Waals surface area contributed by atoms with Crippen molar-refractivity contribution in [3.8, 4) is 29.6 Å². The number of aromatic nitrogens is 3. The van der Waals surface area contributed by atoms with Gasteiger partial charge in [-0.15, -0.1) is 6.42 Å². The molecule has 17 nitrogen and oxygen atoms in total. The molecule has 5 aromatic rings. The topological polar surface area (TPSA) is 175 Å². The van der Waals surface area contributed by atoms with E-state index in [2.05, 4.69) is 38.1 Å². The highest BCUT2D eigenvalue weighted by Gasteiger charge is 2.52. The van der Waals surface area contributed by atoms with Crippen LogP contribution in [-0.2, 0) is 36.8 Å². The largest absolute Gasteiger partial charge is 0.461 e. The van der Waals surface area contributed by atoms with E-state index in [1.54, 1.807) is 23.1 Å². The van der Waals surface area contributed by atoms with Gasteiger partial charge < -0.3 is 38.8 Å². The number of benzene rings is 3. The van der Waals surface area contributed by atoms with Crippen LogP contribution < -0.4 is 19.9 Å². The number of hydrogen-bond donors (Lipinski definition) is 2. The van der Waals surface area contributed by atoms with Crippen LogP contribution >= 0.6 is 0 Å². The van der Waals surface area contributed by atoms with Crippen molar-refractivity contribution in [3.05, 3.63) is 82.5 Å². The molecule has 10 heterocycles. The average molecular weight is 1110 g/mol. The molecule has 14 rings (SSSR count). The van der Waals surface area contributed by atoms with Gasteiger partial charge in [0.15, 0.2) is 5.82 Å². The number of rotatable bonds is 10. The number of pyridine rings is 1. The van der Waals surface area contributed by atoms with E-state index in [0.29, 0.717) is 105 Å². The third kappa shape index (κ3) is 9.42. The SMILES string of the molecule is C#Cc1c(F)ccc2cccc(-c3nc4c5c(nc(OC[C@@]67CCCN6[C@H](COC(=O)N6CCC8(CC6)CC(OC6CCN(c9ccc%10c(c9)CN(C9CCC(=O)NC9=O)C%10O)CC6)C8)CC7)nc5c3F)N3CCCOC[C@@H]3CC4)c12. The molecule has 1 aliphatic carbocycles. The molecule has 3 aromatic carbocycles. The summed E-state index contributed by atoms with van der Waals surface area (Å²) in [7, 11) is 0. The Labute approximate surface area is 469 Å². The summed E-state index contributed by atoms with van der Waals surface area (Å²) in [5.74, 6) is 1.28. The highest BCUT2D eigenvalue weighted by molar-refractivity contribution is 6.03. The van der Waals surface area contributed by atoms with Crippen LogP contribution in [0.3, 0.4) is 0 Å². The first-order valence-corrected chi connectivity index (χ1v) is 29.5. The van der Waals surface area contributed by atoms with Crippen molar-refractivity contribution in [2.45, 2.75) is 145 Å². The number of piperidine rings is 3. The van der Waals surface area contributed by atoms with Gasteiger partial charge in [0.2, 0.25) is 11.8 Å². The number of aliphatic hydroxyl groups excluding tert-OH is 1. The van der Waals surface area contributed by atoms with Gasteiger partial charge >= 0.3 is 12.1 Å². The van der Waals surface area contributed by atoms with Crippen LogP contribution in [0.4, 0.5) is 25.1 Å². The van der Waals surface area contributed by atoms with E-state index in [-0.39, 0.29) is 82.4 Å². The molecule has 9 aliphatic rings. The van der Waals surface area contributed by atoms with Crippen molar-refractivity contribution in [3.63, 3.8) is 0 Å². The van der Waals surface area contributed by atoms with E-state index in [1.807, 2.05) is 17.0 Å². The summed E-state index contributed by atoms with van der Waals surface area (Å²) < 4.78 is 58.2. The maximum absolute atomic E-state index is 17.5. The van der Waals surface area contributed by atoms with Crippen molar-refractivity contribution in [1.29, 1.82) is 0 Å². The second-order valence-corrected chi connectivity index (χ2v) is 24.4. The van der Waals surface area contributed by atoms with Crippen LogP contribution in [0.25, 0.3) is 32.9 Å². The van der Waals surface area contributed by atoms with E-state index in [9.17, 15) is 19.5 Å². The van der Waals surface area contributed by atoms with Crippen molar-refractivity contribution in [2.24, 2.45) is 5.41 Å². The van der Waals surface area contributed by atoms with Gasteiger partial charge in [0.1, 0.15) is 42.3 Å². The summed E-state index contributed by atoms with van der Waals surface area (Å²) in [6.45, 7) is 6.81. The zero-order valence-corrected chi connectivity index (χ0v) is 45.7. The van der Waals surface area contributed by atoms with Gasteiger partial charge in [0, 0.05) is 80.5 Å². The Balaban J connectivity index is 0.579. The number of halogens is 2. The molecule has 3 amide bonds. The standard InChI is InChI=1S/C62H69F2N9O8/c1-2-44-47(63)12-8-37-6-3-7-46(51(37)44)54-53(64)55-52-48(65-54)13-10-40-34-78-29-5-23-71(40)56(52)68-59(67-55)80-36-62-19-4-24-73(62)41(16-20-62)35-79-60(77)70-27-21-61(22-28-70)31-43(32-61)81-42-17-25-69(26-18-42)39-9-11-45-38(30-39)33-72(58(45)76)49-14-15-50(74)66-57(49)75/h1,3,6-9,11-12,30,40-43,49,58,76H,4-5,10,13-29,31-36H2,(H,66,74,75)/t40-,41-,49?,58?,62-/m0/s1. The Morgan fingerprint density at radius 3 is 2.57 bits per heavy atom. The van der Waals surface area contributed by atoms with E-state index in [0.717, 1.165) is 107 Å². The zero-order chi connectivity index (χ0) is 55.1. The lowest BCUT2D eigenvalue weighted by molar-refractivity contribution is -0.141. The Hall–Kier alpha value is -6.56. The van der Waals surface area contributed by atoms with Gasteiger partial charge in [0.05, 0.1) is 53.1 Å². The third-order valence-corrected chi connectivity index (χ3v) is 19.8. The molecule has 1 spiro atoms. The van der Waals surface area contributed by atoms with Crippen molar-refractivity contribution < 1.29 is 47.2 Å². The molecular formula is C62H69F2N9O8. The molecule has 0 radical (unpaired) electrons. The normalized spacial score (nSPS) is 26.9. The van der Waals surface area contributed by atoms with Crippen LogP contribution in [-0.4, -0.2) is 154 Å². The molecule has 0 bridgehead atoms. The lowest BCUT2D eigenvalue weighted by Crippen LogP contribution is -2.52. The molecule has 1 saturated carbocycles. The summed E-state index contributed by atoms with van der Waals surface area (Å²) in [6, 6.07) is 14.1. The summed E-state index contributed by atoms with van der Waals surface area (Å²) in [5, 5.41) is 15.2. The minimum absolute atomic E-state index is 0.00703. The molecule has 424 valence electrons. The fourth-order valence-corrected chi connectivity index (χ4v) is 15.4. The predicted octanol–water partition coefficient (Wildman–Crippen LogP) is 7.70. The number of amides is 3. The second kappa shape index (κ2) is 21.0. The van der Waals surface area contributed by atoms with E-state index < -0.39 is 23.9 Å². The number of carbonyl (C=O) groups is 3. The number of fused-ring (bicyclic) bond motifs is 5. The van der Waals surface area contributed by atoms with Gasteiger partial charge in [-0.1, -0.05) is 36.3 Å². The van der Waals surface area contributed by atoms with Crippen molar-refractivity contribution in [2.75, 3.05) is 75.5 Å². The second-order valence-electron chi connectivity index (χ2n) is 24.4. The van der Waals surface area contributed by atoms with Gasteiger partial charge in [-0.2, -0.15) is 9.97 Å². The first kappa shape index (κ1) is 52.5. The van der Waals surface area contributed by atoms with Crippen LogP contribution in [0.15, 0.2) is 48.5 Å². The van der Waals surface area contributed by atoms with E-state index in [1.165, 1.54) is 6.07 Å². The maximum atomic E-state index is 17.5. The lowest BCUT2D eigenvalue weighted by Gasteiger charge is -2.52. The summed E-state index contributed by atoms with van der Waals surface area (Å²) in [5.41, 5.74) is 4.10. The van der Waals surface area contributed by atoms with Gasteiger partial charge in [0.25, 0.3) is 0 Å². The van der Waals surface area contributed by atoms with Crippen LogP contribution in [0.1, 0.15) is 119 Å². The van der Waals surface area contributed by atoms with Crippen LogP contribution in [0, 0.1) is 29.4 Å². The van der Waals surface area contributed by atoms with Crippen LogP contribution in [0.5, 0.6) is 6.01 Å². The first-order valence-electron chi connectivity index (χ1n) is 29.5. The van der Waals surface area contributed by atoms with E-state index >= 15 is 8.78 Å². The number of nitrogens with zero attached hydrogens (tertiary/aromatic N) is 8. The summed E-state index contributed by atoms with van der Waals surface area (Å²) in [6.07, 6.45) is 17.2. The van der Waals surface area contributed by atoms with Gasteiger partial charge in [-0.3, -0.25) is 24.7 Å². The Morgan fingerprint density at radius 1 is 0.889 bits per heavy atom. The number of carbonyl (C=O) groups excluding carboxylic acids is 3. The van der Waals surface area contributed by atoms with Crippen molar-refractivity contribution in [1.82, 2.24) is 35.0 Å². The fraction of sp³-hybridized carbons (Fsp3) is 0.548. The lowest BCUT2D eigenvalue weighted by atomic mass is 9.61. The Morgan fingerprint density at radius 2 is 1.74 bits per heavy atom. The molecule has 5 atom stereocenters. The molecule has 81 heavy (non-hydrogen) atoms. The molecule has 2 aromatic heterocycles. The minimum Gasteiger partial charge on any atom is -0.461 e. The fourth-order valence-electron chi connectivity index (χ4n) is 15.4. The number of anilines is 2. The van der Waals surface area contributed by atoms with E-state index in [4.69, 9.17) is 40.3 Å². The average Bonchev–Trinajstić information content (AvgIpc) is 4.28. The van der Waals surface area contributed by atoms with Crippen molar-refractivity contribution >= 4 is 51.1 Å². The molecule has 6 saturated heterocycles. The predicted molar refractivity (Wildman–Crippen MR) is 297 cm³/mol. The number of terminal acetylenes is 1. The number of nitrogens with one attached hydrogen (secondary N) is 1. The summed E-state index contributed by atoms with van der Waals surface area (Å²) >= 11 is 0. The number of aliphatic hydroxyl groups is 1. The molecule has 8 aliphatic heterocycles. The molecule has 2 unspecified atom stereocenters. The molecule has 7 fully saturated rings. The highest BCUT2D eigenvalue weighted by Crippen LogP contribution is 2.52. The zero-order valence-electron chi connectivity index (χ0n) is 45.7. The number of aryl methyl sites for hydroxylation is 1. The molecular weight excluding hydrogens is 1040 g/mol. The summed E-state index contributed by atoms with van der Waals surface area (Å²) in [4.78, 5) is 63.6. The van der Waals surface area contributed by atoms with Crippen LogP contribution in [0.2, 0.25) is 0 Å². The van der Waals surface area contributed by atoms with Gasteiger partial charge in [-0.25, -0.2) is 18.6 Å². The Kier molecular flexibility index (Phi) is 13.6. The minimum atomic E-state index is -0.874. The quantitative estimate of drug-likeness (QED) is 0.103. The van der Waals surface area contributed by atoms with Gasteiger partial charge in [-0.05, 0) is 131 Å². The monoisotopic (exact) mass is 1110 g/mol. The number of ether oxygens (including phenoxy) is 4. The number of imide groups is 1. The maximum Gasteiger partial charge on any atom is 0.409 e. The Bertz CT molecular complexity index is 3370. The molecule has 19 heteroatoms. The number of hydrogen-bond acceptors (Lipinski definition) is 15. The molecule has 2 N–H and O–H groups in total. The third-order valence-electron chi connectivity index (χ3n) is 19.8.